The van der Waals surface area contributed by atoms with E-state index in [0.29, 0.717) is 0 Å². The lowest BCUT2D eigenvalue weighted by Gasteiger charge is -2.11. The van der Waals surface area contributed by atoms with Crippen molar-refractivity contribution in [3.63, 3.8) is 0 Å². The van der Waals surface area contributed by atoms with Gasteiger partial charge < -0.3 is 5.11 Å². The third-order valence-corrected chi connectivity index (χ3v) is 1.62. The molecule has 10 heavy (non-hydrogen) atoms. The van der Waals surface area contributed by atoms with Crippen LogP contribution in [0.25, 0.3) is 0 Å². The van der Waals surface area contributed by atoms with Crippen LogP contribution in [0.15, 0.2) is 12.2 Å². The second-order valence-corrected chi connectivity index (χ2v) is 2.32. The lowest BCUT2D eigenvalue weighted by atomic mass is 9.95. The molecule has 0 aromatic rings. The third-order valence-electron chi connectivity index (χ3n) is 1.62. The van der Waals surface area contributed by atoms with Gasteiger partial charge in [0.2, 0.25) is 0 Å². The summed E-state index contributed by atoms with van der Waals surface area (Å²) in [6, 6.07) is 0. The highest BCUT2D eigenvalue weighted by molar-refractivity contribution is 5.85. The van der Waals surface area contributed by atoms with Crippen LogP contribution in [0.4, 0.5) is 0 Å². The molecule has 0 saturated carbocycles. The minimum absolute atomic E-state index is 0. The van der Waals surface area contributed by atoms with E-state index in [9.17, 15) is 4.79 Å². The van der Waals surface area contributed by atoms with E-state index < -0.39 is 5.97 Å². The summed E-state index contributed by atoms with van der Waals surface area (Å²) in [5.41, 5.74) is 0. The molecule has 0 amide bonds. The number of allylic oxidation sites excluding steroid dienone is 2. The van der Waals surface area contributed by atoms with E-state index >= 15 is 0 Å². The van der Waals surface area contributed by atoms with Crippen LogP contribution in [0.5, 0.6) is 0 Å². The van der Waals surface area contributed by atoms with Crippen molar-refractivity contribution in [2.24, 2.45) is 5.92 Å². The summed E-state index contributed by atoms with van der Waals surface area (Å²) >= 11 is 0. The Morgan fingerprint density at radius 1 is 1.50 bits per heavy atom. The van der Waals surface area contributed by atoms with Crippen molar-refractivity contribution in [1.29, 1.82) is 0 Å². The molecule has 0 radical (unpaired) electrons. The van der Waals surface area contributed by atoms with Gasteiger partial charge in [-0.05, 0) is 19.3 Å². The molecule has 1 atom stereocenters. The molecule has 1 aliphatic carbocycles. The minimum Gasteiger partial charge on any atom is -0.481 e. The highest BCUT2D eigenvalue weighted by atomic mass is 35.5. The van der Waals surface area contributed by atoms with Gasteiger partial charge in [-0.25, -0.2) is 0 Å². The van der Waals surface area contributed by atoms with E-state index in [4.69, 9.17) is 5.11 Å². The first-order valence-corrected chi connectivity index (χ1v) is 3.18. The number of hydrogen-bond acceptors (Lipinski definition) is 1. The van der Waals surface area contributed by atoms with Crippen molar-refractivity contribution in [3.8, 4) is 0 Å². The molecule has 58 valence electrons. The van der Waals surface area contributed by atoms with Crippen LogP contribution in [0.1, 0.15) is 19.3 Å². The van der Waals surface area contributed by atoms with Crippen molar-refractivity contribution in [2.75, 3.05) is 0 Å². The fraction of sp³-hybridized carbons (Fsp3) is 0.571. The van der Waals surface area contributed by atoms with Gasteiger partial charge in [-0.2, -0.15) is 0 Å². The summed E-state index contributed by atoms with van der Waals surface area (Å²) in [7, 11) is 0. The quantitative estimate of drug-likeness (QED) is 0.598. The molecule has 1 unspecified atom stereocenters. The summed E-state index contributed by atoms with van der Waals surface area (Å²) in [5.74, 6) is -0.769. The zero-order valence-corrected chi connectivity index (χ0v) is 6.43. The molecule has 1 rings (SSSR count). The number of carboxylic acid groups (broad SMARTS) is 1. The fourth-order valence-electron chi connectivity index (χ4n) is 1.02. The molecule has 0 saturated heterocycles. The molecule has 0 aliphatic heterocycles. The average Bonchev–Trinajstić information content (AvgIpc) is 1.90. The predicted molar refractivity (Wildman–Crippen MR) is 41.4 cm³/mol. The Labute approximate surface area is 66.3 Å². The molecule has 0 spiro atoms. The highest BCUT2D eigenvalue weighted by Gasteiger charge is 2.16. The van der Waals surface area contributed by atoms with Gasteiger partial charge in [-0.3, -0.25) is 4.79 Å². The smallest absolute Gasteiger partial charge is 0.306 e. The van der Waals surface area contributed by atoms with Crippen molar-refractivity contribution < 1.29 is 9.90 Å². The summed E-state index contributed by atoms with van der Waals surface area (Å²) in [4.78, 5) is 10.3. The van der Waals surface area contributed by atoms with Gasteiger partial charge in [-0.15, -0.1) is 12.4 Å². The molecule has 3 heteroatoms. The molecule has 1 N–H and O–H groups in total. The molecule has 0 bridgehead atoms. The number of carbonyl (C=O) groups is 1. The largest absolute Gasteiger partial charge is 0.481 e. The van der Waals surface area contributed by atoms with Crippen LogP contribution in [0.3, 0.4) is 0 Å². The highest BCUT2D eigenvalue weighted by Crippen LogP contribution is 2.17. The monoisotopic (exact) mass is 162 g/mol. The maximum absolute atomic E-state index is 10.3. The Bertz CT molecular complexity index is 143. The van der Waals surface area contributed by atoms with Gasteiger partial charge in [0.05, 0.1) is 5.92 Å². The molecular formula is C7H11ClO2. The maximum atomic E-state index is 10.3. The first kappa shape index (κ1) is 9.50. The number of aliphatic carboxylic acids is 1. The molecule has 0 aromatic carbocycles. The van der Waals surface area contributed by atoms with Gasteiger partial charge in [0.25, 0.3) is 0 Å². The normalized spacial score (nSPS) is 23.4. The van der Waals surface area contributed by atoms with Crippen LogP contribution in [0.2, 0.25) is 0 Å². The second kappa shape index (κ2) is 4.34. The Morgan fingerprint density at radius 3 is 2.50 bits per heavy atom. The minimum atomic E-state index is -0.653. The molecular weight excluding hydrogens is 152 g/mol. The van der Waals surface area contributed by atoms with Crippen LogP contribution in [0, 0.1) is 5.92 Å². The van der Waals surface area contributed by atoms with Crippen LogP contribution in [-0.2, 0) is 4.79 Å². The van der Waals surface area contributed by atoms with Crippen molar-refractivity contribution >= 4 is 18.4 Å². The number of hydrogen-bond donors (Lipinski definition) is 1. The SMILES string of the molecule is Cl.O=C(O)C1CC=CCC1. The molecule has 0 aromatic heterocycles. The topological polar surface area (TPSA) is 37.3 Å². The van der Waals surface area contributed by atoms with Crippen molar-refractivity contribution in [1.82, 2.24) is 0 Å². The molecule has 1 aliphatic rings. The summed E-state index contributed by atoms with van der Waals surface area (Å²) in [6.45, 7) is 0. The van der Waals surface area contributed by atoms with Crippen LogP contribution >= 0.6 is 12.4 Å². The molecule has 0 fully saturated rings. The lowest BCUT2D eigenvalue weighted by molar-refractivity contribution is -0.141. The van der Waals surface area contributed by atoms with Gasteiger partial charge in [0.15, 0.2) is 0 Å². The van der Waals surface area contributed by atoms with E-state index in [1.165, 1.54) is 0 Å². The second-order valence-electron chi connectivity index (χ2n) is 2.32. The Hall–Kier alpha value is -0.500. The Balaban J connectivity index is 0.000000810. The standard InChI is InChI=1S/C7H10O2.ClH/c8-7(9)6-4-2-1-3-5-6;/h1-2,6H,3-5H2,(H,8,9);1H. The zero-order chi connectivity index (χ0) is 6.69. The van der Waals surface area contributed by atoms with Crippen LogP contribution < -0.4 is 0 Å². The molecule has 0 heterocycles. The van der Waals surface area contributed by atoms with Crippen molar-refractivity contribution in [3.05, 3.63) is 12.2 Å². The first-order chi connectivity index (χ1) is 4.30. The van der Waals surface area contributed by atoms with E-state index in [1.807, 2.05) is 12.2 Å². The third kappa shape index (κ3) is 2.40. The van der Waals surface area contributed by atoms with E-state index in [-0.39, 0.29) is 18.3 Å². The van der Waals surface area contributed by atoms with E-state index in [0.717, 1.165) is 19.3 Å². The zero-order valence-electron chi connectivity index (χ0n) is 5.62. The molecule has 2 nitrogen and oxygen atoms in total. The van der Waals surface area contributed by atoms with Gasteiger partial charge in [0.1, 0.15) is 0 Å². The maximum Gasteiger partial charge on any atom is 0.306 e. The van der Waals surface area contributed by atoms with Crippen molar-refractivity contribution in [2.45, 2.75) is 19.3 Å². The fourth-order valence-corrected chi connectivity index (χ4v) is 1.02. The van der Waals surface area contributed by atoms with Gasteiger partial charge >= 0.3 is 5.97 Å². The average molecular weight is 163 g/mol. The van der Waals surface area contributed by atoms with Crippen LogP contribution in [-0.4, -0.2) is 11.1 Å². The number of carboxylic acids is 1. The lowest BCUT2D eigenvalue weighted by Crippen LogP contribution is -2.13. The first-order valence-electron chi connectivity index (χ1n) is 3.18. The predicted octanol–water partition coefficient (Wildman–Crippen LogP) is 1.85. The Kier molecular flexibility index (Phi) is 4.12. The van der Waals surface area contributed by atoms with E-state index in [1.54, 1.807) is 0 Å². The van der Waals surface area contributed by atoms with E-state index in [2.05, 4.69) is 0 Å². The summed E-state index contributed by atoms with van der Waals surface area (Å²) < 4.78 is 0. The summed E-state index contributed by atoms with van der Waals surface area (Å²) in [6.07, 6.45) is 6.44. The number of halogens is 1. The number of rotatable bonds is 1. The van der Waals surface area contributed by atoms with Gasteiger partial charge in [-0.1, -0.05) is 12.2 Å². The van der Waals surface area contributed by atoms with Gasteiger partial charge in [0, 0.05) is 0 Å². The Morgan fingerprint density at radius 2 is 2.20 bits per heavy atom. The summed E-state index contributed by atoms with van der Waals surface area (Å²) in [5, 5.41) is 8.50.